The van der Waals surface area contributed by atoms with E-state index in [1.165, 1.54) is 12.2 Å². The maximum absolute atomic E-state index is 10.5. The van der Waals surface area contributed by atoms with Gasteiger partial charge in [-0.3, -0.25) is 0 Å². The van der Waals surface area contributed by atoms with E-state index in [9.17, 15) is 9.59 Å². The van der Waals surface area contributed by atoms with Gasteiger partial charge in [-0.1, -0.05) is 25.3 Å². The molecule has 0 aliphatic rings. The summed E-state index contributed by atoms with van der Waals surface area (Å²) in [5, 5.41) is 0. The molecule has 0 aromatic heterocycles. The number of hydrogen-bond acceptors (Lipinski definition) is 4. The van der Waals surface area contributed by atoms with Crippen LogP contribution in [0, 0.1) is 0 Å². The van der Waals surface area contributed by atoms with E-state index >= 15 is 0 Å². The van der Waals surface area contributed by atoms with E-state index in [1.807, 2.05) is 0 Å². The highest BCUT2D eigenvalue weighted by molar-refractivity contribution is 5.65. The molecule has 2 amide bonds. The number of hydrogen-bond donors (Lipinski definition) is 2. The predicted octanol–water partition coefficient (Wildman–Crippen LogP) is 0.676. The fraction of sp³-hybridized carbons (Fsp3) is 0.333. The lowest BCUT2D eigenvalue weighted by Crippen LogP contribution is -2.28. The molecule has 84 valence electrons. The first-order valence-electron chi connectivity index (χ1n) is 4.16. The number of amides is 2. The first-order valence-corrected chi connectivity index (χ1v) is 4.16. The number of ether oxygens (including phenoxy) is 2. The fourth-order valence-electron chi connectivity index (χ4n) is 0.912. The number of carbonyl (C=O) groups excluding carboxylic acids is 2. The highest BCUT2D eigenvalue weighted by atomic mass is 16.6. The summed E-state index contributed by atoms with van der Waals surface area (Å²) in [6.07, 6.45) is -0.242. The van der Waals surface area contributed by atoms with Gasteiger partial charge in [0.25, 0.3) is 0 Å². The van der Waals surface area contributed by atoms with Gasteiger partial charge < -0.3 is 20.9 Å². The van der Waals surface area contributed by atoms with Gasteiger partial charge in [0.1, 0.15) is 12.2 Å². The molecule has 0 aliphatic heterocycles. The first kappa shape index (κ1) is 13.0. The van der Waals surface area contributed by atoms with Crippen LogP contribution in [0.2, 0.25) is 0 Å². The van der Waals surface area contributed by atoms with Gasteiger partial charge in [-0.25, -0.2) is 9.59 Å². The molecule has 2 atom stereocenters. The average molecular weight is 214 g/mol. The highest BCUT2D eigenvalue weighted by Gasteiger charge is 2.16. The second-order valence-corrected chi connectivity index (χ2v) is 2.66. The first-order chi connectivity index (χ1) is 6.99. The van der Waals surface area contributed by atoms with Crippen LogP contribution in [-0.4, -0.2) is 24.4 Å². The van der Waals surface area contributed by atoms with Crippen LogP contribution in [0.3, 0.4) is 0 Å². The van der Waals surface area contributed by atoms with Crippen LogP contribution < -0.4 is 11.5 Å². The molecule has 6 heteroatoms. The van der Waals surface area contributed by atoms with Crippen molar-refractivity contribution in [1.29, 1.82) is 0 Å². The Morgan fingerprint density at radius 2 is 1.40 bits per heavy atom. The van der Waals surface area contributed by atoms with Gasteiger partial charge in [0.05, 0.1) is 0 Å². The Labute approximate surface area is 87.5 Å². The van der Waals surface area contributed by atoms with E-state index in [4.69, 9.17) is 11.5 Å². The molecule has 6 nitrogen and oxygen atoms in total. The van der Waals surface area contributed by atoms with Gasteiger partial charge in [0, 0.05) is 6.42 Å². The molecule has 15 heavy (non-hydrogen) atoms. The molecule has 0 saturated heterocycles. The summed E-state index contributed by atoms with van der Waals surface area (Å²) >= 11 is 0. The standard InChI is InChI=1S/C9H14N2O4/c1-3-6(14-8(10)12)5-7(4-2)15-9(11)13/h3-4,6-7H,1-2,5H2,(H2,10,12)(H2,11,13). The van der Waals surface area contributed by atoms with Gasteiger partial charge in [-0.2, -0.15) is 0 Å². The van der Waals surface area contributed by atoms with Crippen molar-refractivity contribution in [2.75, 3.05) is 0 Å². The Balaban J connectivity index is 4.22. The smallest absolute Gasteiger partial charge is 0.405 e. The van der Waals surface area contributed by atoms with E-state index < -0.39 is 24.4 Å². The molecule has 2 unspecified atom stereocenters. The van der Waals surface area contributed by atoms with Gasteiger partial charge >= 0.3 is 12.2 Å². The van der Waals surface area contributed by atoms with Crippen molar-refractivity contribution in [2.45, 2.75) is 18.6 Å². The third kappa shape index (κ3) is 6.14. The summed E-state index contributed by atoms with van der Waals surface area (Å²) in [6.45, 7) is 6.88. The van der Waals surface area contributed by atoms with Crippen LogP contribution in [0.25, 0.3) is 0 Å². The molecule has 0 aliphatic carbocycles. The van der Waals surface area contributed by atoms with E-state index in [2.05, 4.69) is 22.6 Å². The van der Waals surface area contributed by atoms with Gasteiger partial charge in [-0.05, 0) is 0 Å². The van der Waals surface area contributed by atoms with Crippen LogP contribution in [0.15, 0.2) is 25.3 Å². The van der Waals surface area contributed by atoms with Crippen molar-refractivity contribution in [2.24, 2.45) is 11.5 Å². The summed E-state index contributed by atoms with van der Waals surface area (Å²) in [5.41, 5.74) is 9.64. The summed E-state index contributed by atoms with van der Waals surface area (Å²) in [4.78, 5) is 20.9. The summed E-state index contributed by atoms with van der Waals surface area (Å²) in [5.74, 6) is 0. The zero-order valence-electron chi connectivity index (χ0n) is 8.22. The van der Waals surface area contributed by atoms with Crippen molar-refractivity contribution < 1.29 is 19.1 Å². The topological polar surface area (TPSA) is 105 Å². The second-order valence-electron chi connectivity index (χ2n) is 2.66. The third-order valence-electron chi connectivity index (χ3n) is 1.53. The van der Waals surface area contributed by atoms with Crippen LogP contribution in [-0.2, 0) is 9.47 Å². The van der Waals surface area contributed by atoms with Crippen LogP contribution >= 0.6 is 0 Å². The van der Waals surface area contributed by atoms with E-state index in [-0.39, 0.29) is 6.42 Å². The molecule has 0 aromatic carbocycles. The molecule has 0 heterocycles. The zero-order valence-corrected chi connectivity index (χ0v) is 8.22. The maximum atomic E-state index is 10.5. The predicted molar refractivity (Wildman–Crippen MR) is 53.9 cm³/mol. The Morgan fingerprint density at radius 1 is 1.07 bits per heavy atom. The van der Waals surface area contributed by atoms with Crippen molar-refractivity contribution in [1.82, 2.24) is 0 Å². The molecule has 0 rings (SSSR count). The maximum Gasteiger partial charge on any atom is 0.405 e. The second kappa shape index (κ2) is 6.47. The molecule has 0 fully saturated rings. The summed E-state index contributed by atoms with van der Waals surface area (Å²) in [7, 11) is 0. The van der Waals surface area contributed by atoms with Gasteiger partial charge in [0.15, 0.2) is 0 Å². The minimum atomic E-state index is -0.929. The largest absolute Gasteiger partial charge is 0.442 e. The van der Waals surface area contributed by atoms with Crippen molar-refractivity contribution in [3.8, 4) is 0 Å². The van der Waals surface area contributed by atoms with Crippen molar-refractivity contribution >= 4 is 12.2 Å². The molecule has 4 N–H and O–H groups in total. The molecular weight excluding hydrogens is 200 g/mol. The number of carbonyl (C=O) groups is 2. The normalized spacial score (nSPS) is 13.3. The Hall–Kier alpha value is -1.98. The molecule has 0 saturated carbocycles. The van der Waals surface area contributed by atoms with E-state index in [0.29, 0.717) is 0 Å². The minimum absolute atomic E-state index is 0.179. The lowest BCUT2D eigenvalue weighted by atomic mass is 10.1. The molecule has 0 spiro atoms. The highest BCUT2D eigenvalue weighted by Crippen LogP contribution is 2.08. The monoisotopic (exact) mass is 214 g/mol. The van der Waals surface area contributed by atoms with Crippen LogP contribution in [0.5, 0.6) is 0 Å². The lowest BCUT2D eigenvalue weighted by molar-refractivity contribution is 0.0808. The Kier molecular flexibility index (Phi) is 5.62. The minimum Gasteiger partial charge on any atom is -0.442 e. The Morgan fingerprint density at radius 3 is 1.60 bits per heavy atom. The zero-order chi connectivity index (χ0) is 11.8. The van der Waals surface area contributed by atoms with Crippen molar-refractivity contribution in [3.63, 3.8) is 0 Å². The summed E-state index contributed by atoms with van der Waals surface area (Å²) < 4.78 is 9.31. The Bertz CT molecular complexity index is 239. The SMILES string of the molecule is C=CC(CC(C=C)OC(N)=O)OC(N)=O. The number of rotatable bonds is 6. The van der Waals surface area contributed by atoms with Crippen LogP contribution in [0.1, 0.15) is 6.42 Å². The number of primary amides is 2. The molecule has 0 bridgehead atoms. The average Bonchev–Trinajstić information content (AvgIpc) is 2.14. The van der Waals surface area contributed by atoms with E-state index in [0.717, 1.165) is 0 Å². The number of nitrogens with two attached hydrogens (primary N) is 2. The van der Waals surface area contributed by atoms with Gasteiger partial charge in [-0.15, -0.1) is 0 Å². The quantitative estimate of drug-likeness (QED) is 0.634. The third-order valence-corrected chi connectivity index (χ3v) is 1.53. The van der Waals surface area contributed by atoms with Crippen molar-refractivity contribution in [3.05, 3.63) is 25.3 Å². The lowest BCUT2D eigenvalue weighted by Gasteiger charge is -2.17. The fourth-order valence-corrected chi connectivity index (χ4v) is 0.912. The molecular formula is C9H14N2O4. The van der Waals surface area contributed by atoms with Gasteiger partial charge in [0.2, 0.25) is 0 Å². The summed E-state index contributed by atoms with van der Waals surface area (Å²) in [6, 6.07) is 0. The van der Waals surface area contributed by atoms with E-state index in [1.54, 1.807) is 0 Å². The van der Waals surface area contributed by atoms with Crippen LogP contribution in [0.4, 0.5) is 9.59 Å². The molecule has 0 aromatic rings. The molecule has 0 radical (unpaired) electrons.